The van der Waals surface area contributed by atoms with Crippen LogP contribution in [0.4, 0.5) is 13.2 Å². The summed E-state index contributed by atoms with van der Waals surface area (Å²) in [5.41, 5.74) is 2.89. The van der Waals surface area contributed by atoms with Gasteiger partial charge in [-0.3, -0.25) is 9.78 Å². The molecular formula is C16H22F3N3O6S. The van der Waals surface area contributed by atoms with Crippen molar-refractivity contribution in [3.05, 3.63) is 29.1 Å². The number of hydrogen-bond acceptors (Lipinski definition) is 6. The number of carbonyl (C=O) groups is 2. The topological polar surface area (TPSA) is 117 Å². The summed E-state index contributed by atoms with van der Waals surface area (Å²) in [6.45, 7) is 1.12. The second-order valence-corrected chi connectivity index (χ2v) is 8.35. The number of rotatable bonds is 5. The Morgan fingerprint density at radius 2 is 1.90 bits per heavy atom. The fraction of sp³-hybridized carbons (Fsp3) is 0.562. The number of carbonyl (C=O) groups excluding carboxylic acids is 1. The van der Waals surface area contributed by atoms with E-state index < -0.39 is 22.2 Å². The summed E-state index contributed by atoms with van der Waals surface area (Å²) >= 11 is 0. The number of sulfonamides is 1. The number of aromatic nitrogens is 1. The van der Waals surface area contributed by atoms with Gasteiger partial charge in [-0.25, -0.2) is 13.2 Å². The van der Waals surface area contributed by atoms with Crippen LogP contribution in [0.2, 0.25) is 0 Å². The van der Waals surface area contributed by atoms with Crippen molar-refractivity contribution in [1.29, 1.82) is 0 Å². The number of carboxylic acids is 1. The molecule has 29 heavy (non-hydrogen) atoms. The van der Waals surface area contributed by atoms with Crippen molar-refractivity contribution in [2.75, 3.05) is 33.5 Å². The first-order valence-corrected chi connectivity index (χ1v) is 10.1. The van der Waals surface area contributed by atoms with E-state index in [0.717, 1.165) is 16.7 Å². The molecule has 9 nitrogen and oxygen atoms in total. The first-order valence-electron chi connectivity index (χ1n) is 8.21. The van der Waals surface area contributed by atoms with Crippen LogP contribution in [0.3, 0.4) is 0 Å². The Bertz CT molecular complexity index is 843. The summed E-state index contributed by atoms with van der Waals surface area (Å²) in [5.74, 6) is -2.85. The summed E-state index contributed by atoms with van der Waals surface area (Å²) in [5, 5.41) is 7.12. The first-order chi connectivity index (χ1) is 13.2. The predicted octanol–water partition coefficient (Wildman–Crippen LogP) is 0.637. The van der Waals surface area contributed by atoms with Crippen LogP contribution in [0.5, 0.6) is 0 Å². The van der Waals surface area contributed by atoms with Gasteiger partial charge in [-0.15, -0.1) is 0 Å². The maximum atomic E-state index is 11.6. The quantitative estimate of drug-likeness (QED) is 0.713. The molecule has 1 aliphatic rings. The van der Waals surface area contributed by atoms with Gasteiger partial charge in [-0.1, -0.05) is 0 Å². The Labute approximate surface area is 166 Å². The summed E-state index contributed by atoms with van der Waals surface area (Å²) in [4.78, 5) is 26.0. The number of pyridine rings is 1. The molecule has 0 spiro atoms. The number of hydrogen-bond donors (Lipinski definition) is 1. The van der Waals surface area contributed by atoms with Gasteiger partial charge in [0.05, 0.1) is 12.9 Å². The van der Waals surface area contributed by atoms with E-state index in [4.69, 9.17) is 14.6 Å². The average Bonchev–Trinajstić information content (AvgIpc) is 2.60. The van der Waals surface area contributed by atoms with E-state index in [9.17, 15) is 26.4 Å². The monoisotopic (exact) mass is 441 g/mol. The molecule has 0 bridgehead atoms. The summed E-state index contributed by atoms with van der Waals surface area (Å²) in [7, 11) is 0.161. The lowest BCUT2D eigenvalue weighted by molar-refractivity contribution is -0.192. The van der Waals surface area contributed by atoms with Crippen molar-refractivity contribution in [2.24, 2.45) is 0 Å². The highest BCUT2D eigenvalue weighted by molar-refractivity contribution is 7.88. The van der Waals surface area contributed by atoms with E-state index in [1.54, 1.807) is 26.5 Å². The van der Waals surface area contributed by atoms with Crippen LogP contribution in [0.25, 0.3) is 0 Å². The molecule has 1 aromatic heterocycles. The highest BCUT2D eigenvalue weighted by Crippen LogP contribution is 2.23. The second-order valence-electron chi connectivity index (χ2n) is 6.37. The second kappa shape index (κ2) is 9.98. The Kier molecular flexibility index (Phi) is 8.53. The molecule has 0 saturated heterocycles. The summed E-state index contributed by atoms with van der Waals surface area (Å²) < 4.78 is 61.9. The van der Waals surface area contributed by atoms with Crippen LogP contribution < -0.4 is 0 Å². The molecule has 0 atom stereocenters. The van der Waals surface area contributed by atoms with Crippen LogP contribution in [0.1, 0.15) is 16.7 Å². The van der Waals surface area contributed by atoms with E-state index in [-0.39, 0.29) is 12.5 Å². The highest BCUT2D eigenvalue weighted by atomic mass is 32.2. The SMILES string of the molecule is CN(C)C(=O)COCc1cncc2c1CCN(S(C)(=O)=O)C2.O=C(O)C(F)(F)F. The normalized spacial score (nSPS) is 14.4. The van der Waals surface area contributed by atoms with Gasteiger partial charge in [0.1, 0.15) is 6.61 Å². The van der Waals surface area contributed by atoms with Crippen LogP contribution in [0.15, 0.2) is 12.4 Å². The number of amides is 1. The molecular weight excluding hydrogens is 419 g/mol. The van der Waals surface area contributed by atoms with Crippen LogP contribution in [-0.2, 0) is 43.9 Å². The molecule has 1 amide bonds. The fourth-order valence-electron chi connectivity index (χ4n) is 2.33. The lowest BCUT2D eigenvalue weighted by Gasteiger charge is -2.27. The molecule has 13 heteroatoms. The zero-order valence-electron chi connectivity index (χ0n) is 16.1. The molecule has 2 heterocycles. The third-order valence-electron chi connectivity index (χ3n) is 3.89. The van der Waals surface area contributed by atoms with Crippen molar-refractivity contribution in [2.45, 2.75) is 25.7 Å². The Morgan fingerprint density at radius 1 is 1.31 bits per heavy atom. The molecule has 0 unspecified atom stereocenters. The maximum absolute atomic E-state index is 11.6. The number of carboxylic acid groups (broad SMARTS) is 1. The van der Waals surface area contributed by atoms with E-state index >= 15 is 0 Å². The Hall–Kier alpha value is -2.25. The largest absolute Gasteiger partial charge is 0.490 e. The van der Waals surface area contributed by atoms with E-state index in [1.807, 2.05) is 0 Å². The molecule has 1 aliphatic heterocycles. The number of aliphatic carboxylic acids is 1. The van der Waals surface area contributed by atoms with Crippen molar-refractivity contribution >= 4 is 21.9 Å². The Balaban J connectivity index is 0.000000516. The number of halogens is 3. The van der Waals surface area contributed by atoms with E-state index in [2.05, 4.69) is 4.98 Å². The van der Waals surface area contributed by atoms with Gasteiger partial charge in [0, 0.05) is 39.6 Å². The molecule has 1 aromatic rings. The standard InChI is InChI=1S/C14H21N3O4S.C2HF3O2/c1-16(2)14(18)10-21-9-12-7-15-6-11-8-17(22(3,19)20)5-4-13(11)12;3-2(4,5)1(6)7/h6-7H,4-5,8-10H2,1-3H3;(H,6,7). The van der Waals surface area contributed by atoms with Crippen molar-refractivity contribution in [3.63, 3.8) is 0 Å². The molecule has 164 valence electrons. The van der Waals surface area contributed by atoms with Crippen LogP contribution >= 0.6 is 0 Å². The predicted molar refractivity (Wildman–Crippen MR) is 95.2 cm³/mol. The fourth-order valence-corrected chi connectivity index (χ4v) is 3.12. The van der Waals surface area contributed by atoms with Gasteiger partial charge in [-0.05, 0) is 23.1 Å². The van der Waals surface area contributed by atoms with Crippen LogP contribution in [-0.4, -0.2) is 79.3 Å². The minimum atomic E-state index is -5.08. The molecule has 0 fully saturated rings. The summed E-state index contributed by atoms with van der Waals surface area (Å²) in [6, 6.07) is 0. The van der Waals surface area contributed by atoms with Gasteiger partial charge < -0.3 is 14.7 Å². The molecule has 0 aromatic carbocycles. The van der Waals surface area contributed by atoms with Gasteiger partial charge >= 0.3 is 12.1 Å². The molecule has 2 rings (SSSR count). The van der Waals surface area contributed by atoms with Crippen molar-refractivity contribution in [1.82, 2.24) is 14.2 Å². The van der Waals surface area contributed by atoms with Crippen molar-refractivity contribution in [3.8, 4) is 0 Å². The lowest BCUT2D eigenvalue weighted by atomic mass is 9.99. The van der Waals surface area contributed by atoms with E-state index in [1.165, 1.54) is 15.5 Å². The van der Waals surface area contributed by atoms with Crippen molar-refractivity contribution < 1.29 is 41.0 Å². The number of alkyl halides is 3. The molecule has 0 aliphatic carbocycles. The number of likely N-dealkylation sites (N-methyl/N-ethyl adjacent to an activating group) is 1. The number of nitrogens with zero attached hydrogens (tertiary/aromatic N) is 3. The highest BCUT2D eigenvalue weighted by Gasteiger charge is 2.38. The summed E-state index contributed by atoms with van der Waals surface area (Å²) in [6.07, 6.45) is 0.173. The lowest BCUT2D eigenvalue weighted by Crippen LogP contribution is -2.35. The van der Waals surface area contributed by atoms with Gasteiger partial charge in [-0.2, -0.15) is 17.5 Å². The van der Waals surface area contributed by atoms with Gasteiger partial charge in [0.25, 0.3) is 0 Å². The zero-order valence-corrected chi connectivity index (χ0v) is 16.9. The third-order valence-corrected chi connectivity index (χ3v) is 5.14. The average molecular weight is 441 g/mol. The minimum Gasteiger partial charge on any atom is -0.475 e. The number of fused-ring (bicyclic) bond motifs is 1. The zero-order chi connectivity index (χ0) is 22.4. The minimum absolute atomic E-state index is 0.0200. The molecule has 0 saturated carbocycles. The smallest absolute Gasteiger partial charge is 0.475 e. The van der Waals surface area contributed by atoms with Gasteiger partial charge in [0.2, 0.25) is 15.9 Å². The number of ether oxygens (including phenoxy) is 1. The first kappa shape index (κ1) is 24.8. The molecule has 0 radical (unpaired) electrons. The van der Waals surface area contributed by atoms with E-state index in [0.29, 0.717) is 26.1 Å². The van der Waals surface area contributed by atoms with Crippen LogP contribution in [0, 0.1) is 0 Å². The third kappa shape index (κ3) is 7.95. The maximum Gasteiger partial charge on any atom is 0.490 e. The molecule has 1 N–H and O–H groups in total. The van der Waals surface area contributed by atoms with Gasteiger partial charge in [0.15, 0.2) is 0 Å². The Morgan fingerprint density at radius 3 is 2.38 bits per heavy atom.